The van der Waals surface area contributed by atoms with Gasteiger partial charge in [0, 0.05) is 19.5 Å². The maximum absolute atomic E-state index is 10.6. The number of piperidine rings is 1. The molecule has 1 fully saturated rings. The maximum atomic E-state index is 10.6. The summed E-state index contributed by atoms with van der Waals surface area (Å²) in [5.41, 5.74) is 0.999. The molecule has 1 saturated heterocycles. The monoisotopic (exact) mass is 264 g/mol. The lowest BCUT2D eigenvalue weighted by atomic mass is 9.95. The Hall–Kier alpha value is -1.69. The van der Waals surface area contributed by atoms with Crippen LogP contribution in [0.25, 0.3) is 0 Å². The number of hydrogen-bond donors (Lipinski definition) is 1. The van der Waals surface area contributed by atoms with Gasteiger partial charge in [-0.3, -0.25) is 4.79 Å². The number of hydrogen-bond acceptors (Lipinski definition) is 5. The molecule has 0 bridgehead atoms. The van der Waals surface area contributed by atoms with E-state index < -0.39 is 5.97 Å². The van der Waals surface area contributed by atoms with Gasteiger partial charge < -0.3 is 14.9 Å². The van der Waals surface area contributed by atoms with Gasteiger partial charge in [0.25, 0.3) is 0 Å². The first kappa shape index (κ1) is 13.7. The lowest BCUT2D eigenvalue weighted by molar-refractivity contribution is -0.135. The molecule has 0 radical (unpaired) electrons. The molecule has 0 saturated carbocycles. The molecule has 0 spiro atoms. The zero-order valence-electron chi connectivity index (χ0n) is 11.4. The number of likely N-dealkylation sites (N-methyl/N-ethyl adjacent to an activating group) is 2. The molecule has 19 heavy (non-hydrogen) atoms. The van der Waals surface area contributed by atoms with E-state index in [1.807, 2.05) is 12.1 Å². The fourth-order valence-electron chi connectivity index (χ4n) is 2.45. The van der Waals surface area contributed by atoms with E-state index in [9.17, 15) is 4.79 Å². The van der Waals surface area contributed by atoms with Crippen LogP contribution >= 0.6 is 0 Å². The van der Waals surface area contributed by atoms with E-state index >= 15 is 0 Å². The highest BCUT2D eigenvalue weighted by Gasteiger charge is 2.20. The number of likely N-dealkylation sites (tertiary alicyclic amines) is 1. The molecule has 2 rings (SSSR count). The summed E-state index contributed by atoms with van der Waals surface area (Å²) < 4.78 is 0. The van der Waals surface area contributed by atoms with E-state index in [1.54, 1.807) is 11.9 Å². The highest BCUT2D eigenvalue weighted by Crippen LogP contribution is 2.24. The highest BCUT2D eigenvalue weighted by molar-refractivity contribution is 5.72. The minimum atomic E-state index is -0.873. The largest absolute Gasteiger partial charge is 0.480 e. The molecule has 1 atom stereocenters. The molecule has 104 valence electrons. The second-order valence-corrected chi connectivity index (χ2v) is 5.17. The minimum absolute atomic E-state index is 0.0693. The number of carbonyl (C=O) groups is 1. The Morgan fingerprint density at radius 2 is 2.32 bits per heavy atom. The fraction of sp³-hybridized carbons (Fsp3) is 0.615. The molecule has 2 heterocycles. The lowest BCUT2D eigenvalue weighted by Crippen LogP contribution is -2.31. The molecule has 1 aliphatic heterocycles. The van der Waals surface area contributed by atoms with E-state index in [0.29, 0.717) is 11.7 Å². The molecular formula is C13H20N4O2. The number of nitrogens with zero attached hydrogens (tertiary/aromatic N) is 4. The van der Waals surface area contributed by atoms with E-state index in [2.05, 4.69) is 22.1 Å². The Kier molecular flexibility index (Phi) is 4.31. The number of rotatable bonds is 4. The Bertz CT molecular complexity index is 435. The van der Waals surface area contributed by atoms with Gasteiger partial charge in [-0.1, -0.05) is 0 Å². The summed E-state index contributed by atoms with van der Waals surface area (Å²) in [5.74, 6) is 0.155. The zero-order valence-corrected chi connectivity index (χ0v) is 11.4. The van der Waals surface area contributed by atoms with Gasteiger partial charge in [-0.2, -0.15) is 5.10 Å². The second-order valence-electron chi connectivity index (χ2n) is 5.17. The summed E-state index contributed by atoms with van der Waals surface area (Å²) >= 11 is 0. The van der Waals surface area contributed by atoms with Crippen molar-refractivity contribution in [3.63, 3.8) is 0 Å². The van der Waals surface area contributed by atoms with Gasteiger partial charge in [-0.25, -0.2) is 0 Å². The van der Waals surface area contributed by atoms with Gasteiger partial charge in [-0.05, 0) is 38.6 Å². The summed E-state index contributed by atoms with van der Waals surface area (Å²) in [4.78, 5) is 14.5. The van der Waals surface area contributed by atoms with Crippen LogP contribution in [-0.2, 0) is 4.79 Å². The van der Waals surface area contributed by atoms with Crippen molar-refractivity contribution in [1.82, 2.24) is 15.1 Å². The zero-order chi connectivity index (χ0) is 13.8. The molecule has 1 N–H and O–H groups in total. The smallest absolute Gasteiger partial charge is 0.323 e. The van der Waals surface area contributed by atoms with E-state index in [4.69, 9.17) is 5.11 Å². The van der Waals surface area contributed by atoms with Crippen molar-refractivity contribution >= 4 is 11.8 Å². The van der Waals surface area contributed by atoms with Crippen LogP contribution in [0.15, 0.2) is 12.1 Å². The minimum Gasteiger partial charge on any atom is -0.480 e. The maximum Gasteiger partial charge on any atom is 0.323 e. The van der Waals surface area contributed by atoms with Crippen molar-refractivity contribution < 1.29 is 9.90 Å². The number of anilines is 1. The standard InChI is InChI=1S/C13H20N4O2/c1-16-7-3-4-10(8-16)11-5-6-12(15-14-11)17(2)9-13(18)19/h5-6,10H,3-4,7-9H2,1-2H3,(H,18,19). The van der Waals surface area contributed by atoms with Crippen LogP contribution in [0.5, 0.6) is 0 Å². The fourth-order valence-corrected chi connectivity index (χ4v) is 2.45. The van der Waals surface area contributed by atoms with Crippen molar-refractivity contribution in [3.05, 3.63) is 17.8 Å². The van der Waals surface area contributed by atoms with Crippen molar-refractivity contribution in [2.45, 2.75) is 18.8 Å². The summed E-state index contributed by atoms with van der Waals surface area (Å²) in [5, 5.41) is 17.1. The molecule has 0 aliphatic carbocycles. The summed E-state index contributed by atoms with van der Waals surface area (Å²) in [7, 11) is 3.82. The van der Waals surface area contributed by atoms with Gasteiger partial charge >= 0.3 is 5.97 Å². The van der Waals surface area contributed by atoms with Crippen LogP contribution < -0.4 is 4.90 Å². The summed E-state index contributed by atoms with van der Waals surface area (Å²) in [6.45, 7) is 2.09. The first-order valence-corrected chi connectivity index (χ1v) is 6.51. The predicted octanol–water partition coefficient (Wildman–Crippen LogP) is 0.807. The molecule has 6 nitrogen and oxygen atoms in total. The van der Waals surface area contributed by atoms with Gasteiger partial charge in [-0.15, -0.1) is 5.10 Å². The average molecular weight is 264 g/mol. The van der Waals surface area contributed by atoms with Crippen molar-refractivity contribution in [2.24, 2.45) is 0 Å². The Morgan fingerprint density at radius 1 is 1.53 bits per heavy atom. The number of carboxylic acid groups (broad SMARTS) is 1. The van der Waals surface area contributed by atoms with E-state index in [0.717, 1.165) is 25.2 Å². The van der Waals surface area contributed by atoms with Gasteiger partial charge in [0.1, 0.15) is 6.54 Å². The molecule has 0 amide bonds. The molecule has 1 unspecified atom stereocenters. The molecular weight excluding hydrogens is 244 g/mol. The van der Waals surface area contributed by atoms with Crippen molar-refractivity contribution in [2.75, 3.05) is 38.6 Å². The van der Waals surface area contributed by atoms with Gasteiger partial charge in [0.15, 0.2) is 5.82 Å². The number of aliphatic carboxylic acids is 1. The Labute approximate surface area is 113 Å². The topological polar surface area (TPSA) is 69.6 Å². The highest BCUT2D eigenvalue weighted by atomic mass is 16.4. The van der Waals surface area contributed by atoms with Crippen LogP contribution in [0.4, 0.5) is 5.82 Å². The van der Waals surface area contributed by atoms with Crippen molar-refractivity contribution in [1.29, 1.82) is 0 Å². The van der Waals surface area contributed by atoms with Crippen LogP contribution in [0.2, 0.25) is 0 Å². The van der Waals surface area contributed by atoms with E-state index in [1.165, 1.54) is 6.42 Å². The number of aromatic nitrogens is 2. The first-order valence-electron chi connectivity index (χ1n) is 6.51. The third kappa shape index (κ3) is 3.64. The Balaban J connectivity index is 2.03. The van der Waals surface area contributed by atoms with Crippen molar-refractivity contribution in [3.8, 4) is 0 Å². The molecule has 1 aromatic heterocycles. The SMILES string of the molecule is CN1CCCC(c2ccc(N(C)CC(=O)O)nn2)C1. The summed E-state index contributed by atoms with van der Waals surface area (Å²) in [6.07, 6.45) is 2.33. The average Bonchev–Trinajstić information content (AvgIpc) is 2.38. The molecule has 6 heteroatoms. The third-order valence-corrected chi connectivity index (χ3v) is 3.48. The second kappa shape index (κ2) is 5.97. The quantitative estimate of drug-likeness (QED) is 0.867. The van der Waals surface area contributed by atoms with Crippen LogP contribution in [0, 0.1) is 0 Å². The third-order valence-electron chi connectivity index (χ3n) is 3.48. The van der Waals surface area contributed by atoms with Crippen LogP contribution in [-0.4, -0.2) is 59.9 Å². The molecule has 1 aromatic rings. The first-order chi connectivity index (χ1) is 9.06. The van der Waals surface area contributed by atoms with Crippen LogP contribution in [0.1, 0.15) is 24.5 Å². The van der Waals surface area contributed by atoms with E-state index in [-0.39, 0.29) is 6.54 Å². The Morgan fingerprint density at radius 3 is 2.89 bits per heavy atom. The van der Waals surface area contributed by atoms with Gasteiger partial charge in [0.05, 0.1) is 5.69 Å². The van der Waals surface area contributed by atoms with Crippen LogP contribution in [0.3, 0.4) is 0 Å². The molecule has 0 aromatic carbocycles. The van der Waals surface area contributed by atoms with Gasteiger partial charge in [0.2, 0.25) is 0 Å². The number of carboxylic acids is 1. The molecule has 1 aliphatic rings. The predicted molar refractivity (Wildman–Crippen MR) is 72.4 cm³/mol. The normalized spacial score (nSPS) is 20.2. The lowest BCUT2D eigenvalue weighted by Gasteiger charge is -2.29. The summed E-state index contributed by atoms with van der Waals surface area (Å²) in [6, 6.07) is 3.81.